The Hall–Kier alpha value is -1.59. The lowest BCUT2D eigenvalue weighted by Gasteiger charge is -2.53. The van der Waals surface area contributed by atoms with Crippen LogP contribution < -0.4 is 15.6 Å². The number of benzene rings is 1. The number of ether oxygens (including phenoxy) is 1. The van der Waals surface area contributed by atoms with Crippen LogP contribution in [0, 0.1) is 5.41 Å². The zero-order valence-corrected chi connectivity index (χ0v) is 11.5. The van der Waals surface area contributed by atoms with E-state index in [0.717, 1.165) is 25.9 Å². The predicted octanol–water partition coefficient (Wildman–Crippen LogP) is 1.71. The molecule has 0 radical (unpaired) electrons. The summed E-state index contributed by atoms with van der Waals surface area (Å²) in [5.74, 6) is 0.690. The molecule has 1 saturated heterocycles. The van der Waals surface area contributed by atoms with Gasteiger partial charge in [-0.05, 0) is 25.0 Å². The summed E-state index contributed by atoms with van der Waals surface area (Å²) < 4.78 is 6.03. The fourth-order valence-electron chi connectivity index (χ4n) is 3.18. The van der Waals surface area contributed by atoms with Crippen LogP contribution in [0.4, 0.5) is 0 Å². The zero-order chi connectivity index (χ0) is 13.7. The van der Waals surface area contributed by atoms with Crippen LogP contribution in [0.2, 0.25) is 5.02 Å². The maximum absolute atomic E-state index is 11.8. The van der Waals surface area contributed by atoms with Gasteiger partial charge < -0.3 is 10.1 Å². The zero-order valence-electron chi connectivity index (χ0n) is 10.8. The molecule has 0 bridgehead atoms. The van der Waals surface area contributed by atoms with Crippen LogP contribution >= 0.6 is 11.6 Å². The number of aromatic nitrogens is 2. The van der Waals surface area contributed by atoms with Gasteiger partial charge in [0, 0.05) is 18.5 Å². The van der Waals surface area contributed by atoms with E-state index in [1.54, 1.807) is 12.3 Å². The van der Waals surface area contributed by atoms with Gasteiger partial charge in [0.25, 0.3) is 5.56 Å². The first kappa shape index (κ1) is 12.2. The van der Waals surface area contributed by atoms with Gasteiger partial charge in [0.05, 0.1) is 28.1 Å². The van der Waals surface area contributed by atoms with Crippen molar-refractivity contribution in [2.24, 2.45) is 5.41 Å². The molecule has 6 heteroatoms. The minimum absolute atomic E-state index is 0.223. The Kier molecular flexibility index (Phi) is 2.56. The van der Waals surface area contributed by atoms with Crippen LogP contribution in [0.3, 0.4) is 0 Å². The molecule has 1 spiro atoms. The molecule has 0 amide bonds. The van der Waals surface area contributed by atoms with Gasteiger partial charge in [0.15, 0.2) is 0 Å². The number of aromatic amines is 1. The molecule has 2 aromatic rings. The van der Waals surface area contributed by atoms with Crippen LogP contribution in [0.5, 0.6) is 5.75 Å². The molecule has 0 unspecified atom stereocenters. The Morgan fingerprint density at radius 3 is 2.85 bits per heavy atom. The van der Waals surface area contributed by atoms with Crippen LogP contribution in [-0.2, 0) is 0 Å². The third kappa shape index (κ3) is 1.73. The molecule has 20 heavy (non-hydrogen) atoms. The maximum atomic E-state index is 11.8. The monoisotopic (exact) mass is 291 g/mol. The average Bonchev–Trinajstić information content (AvgIpc) is 2.33. The van der Waals surface area contributed by atoms with Gasteiger partial charge >= 0.3 is 0 Å². The van der Waals surface area contributed by atoms with Crippen molar-refractivity contribution in [3.8, 4) is 5.75 Å². The first-order chi connectivity index (χ1) is 9.67. The summed E-state index contributed by atoms with van der Waals surface area (Å²) in [6, 6.07) is 3.52. The van der Waals surface area contributed by atoms with E-state index in [0.29, 0.717) is 27.0 Å². The van der Waals surface area contributed by atoms with Crippen molar-refractivity contribution in [1.82, 2.24) is 15.5 Å². The number of H-pyrrole nitrogens is 1. The Balaban J connectivity index is 1.65. The lowest BCUT2D eigenvalue weighted by molar-refractivity contribution is -0.0489. The van der Waals surface area contributed by atoms with Crippen molar-refractivity contribution in [3.63, 3.8) is 0 Å². The smallest absolute Gasteiger partial charge is 0.273 e. The van der Waals surface area contributed by atoms with Gasteiger partial charge in [-0.1, -0.05) is 11.6 Å². The number of halogens is 1. The Labute approximate surface area is 120 Å². The average molecular weight is 292 g/mol. The first-order valence-electron chi connectivity index (χ1n) is 6.70. The Morgan fingerprint density at radius 2 is 2.15 bits per heavy atom. The summed E-state index contributed by atoms with van der Waals surface area (Å²) in [6.07, 6.45) is 3.96. The second kappa shape index (κ2) is 4.20. The fraction of sp³-hybridized carbons (Fsp3) is 0.429. The molecule has 1 aliphatic carbocycles. The number of rotatable bonds is 2. The molecule has 1 saturated carbocycles. The lowest BCUT2D eigenvalue weighted by Crippen LogP contribution is -2.62. The molecule has 2 aliphatic rings. The third-order valence-electron chi connectivity index (χ3n) is 4.36. The molecule has 2 fully saturated rings. The molecule has 1 aromatic carbocycles. The van der Waals surface area contributed by atoms with Crippen LogP contribution in [-0.4, -0.2) is 29.4 Å². The van der Waals surface area contributed by atoms with Crippen molar-refractivity contribution in [3.05, 3.63) is 33.7 Å². The number of nitrogens with one attached hydrogen (secondary N) is 2. The molecule has 104 valence electrons. The van der Waals surface area contributed by atoms with Crippen LogP contribution in [0.1, 0.15) is 12.8 Å². The third-order valence-corrected chi connectivity index (χ3v) is 4.67. The molecule has 2 N–H and O–H groups in total. The molecule has 4 rings (SSSR count). The fourth-order valence-corrected chi connectivity index (χ4v) is 3.43. The summed E-state index contributed by atoms with van der Waals surface area (Å²) in [5.41, 5.74) is 0.175. The SMILES string of the molecule is O=c1[nH]ncc2c(OC3CC4(CNC4)C3)ccc(Cl)c12. The summed E-state index contributed by atoms with van der Waals surface area (Å²) in [6.45, 7) is 2.19. The van der Waals surface area contributed by atoms with Crippen LogP contribution in [0.15, 0.2) is 23.1 Å². The van der Waals surface area contributed by atoms with E-state index in [2.05, 4.69) is 15.5 Å². The van der Waals surface area contributed by atoms with E-state index < -0.39 is 0 Å². The van der Waals surface area contributed by atoms with E-state index in [9.17, 15) is 4.79 Å². The standard InChI is InChI=1S/C14H14ClN3O2/c15-10-1-2-11(9-5-17-18-13(19)12(9)10)20-8-3-14(4-8)6-16-7-14/h1-2,5,8,16H,3-4,6-7H2,(H,18,19). The largest absolute Gasteiger partial charge is 0.490 e. The van der Waals surface area contributed by atoms with Crippen molar-refractivity contribution >= 4 is 22.4 Å². The van der Waals surface area contributed by atoms with Gasteiger partial charge in [0.1, 0.15) is 5.75 Å². The highest BCUT2D eigenvalue weighted by Crippen LogP contribution is 2.46. The second-order valence-corrected chi connectivity index (χ2v) is 6.19. The number of fused-ring (bicyclic) bond motifs is 1. The van der Waals surface area contributed by atoms with Crippen molar-refractivity contribution < 1.29 is 4.74 Å². The predicted molar refractivity (Wildman–Crippen MR) is 76.3 cm³/mol. The lowest BCUT2D eigenvalue weighted by atomic mass is 9.63. The van der Waals surface area contributed by atoms with Crippen LogP contribution in [0.25, 0.3) is 10.8 Å². The number of nitrogens with zero attached hydrogens (tertiary/aromatic N) is 1. The Morgan fingerprint density at radius 1 is 1.35 bits per heavy atom. The van der Waals surface area contributed by atoms with E-state index >= 15 is 0 Å². The van der Waals surface area contributed by atoms with Crippen molar-refractivity contribution in [2.75, 3.05) is 13.1 Å². The van der Waals surface area contributed by atoms with Gasteiger partial charge in [-0.3, -0.25) is 4.79 Å². The van der Waals surface area contributed by atoms with E-state index in [4.69, 9.17) is 16.3 Å². The second-order valence-electron chi connectivity index (χ2n) is 5.78. The minimum Gasteiger partial charge on any atom is -0.490 e. The van der Waals surface area contributed by atoms with E-state index in [1.165, 1.54) is 0 Å². The molecule has 0 atom stereocenters. The highest BCUT2D eigenvalue weighted by molar-refractivity contribution is 6.35. The number of hydrogen-bond donors (Lipinski definition) is 2. The molecular weight excluding hydrogens is 278 g/mol. The van der Waals surface area contributed by atoms with Gasteiger partial charge in [-0.2, -0.15) is 5.10 Å². The van der Waals surface area contributed by atoms with E-state index in [1.807, 2.05) is 6.07 Å². The van der Waals surface area contributed by atoms with Gasteiger partial charge in [-0.25, -0.2) is 5.10 Å². The molecule has 2 heterocycles. The summed E-state index contributed by atoms with van der Waals surface area (Å²) in [5, 5.41) is 11.1. The highest BCUT2D eigenvalue weighted by atomic mass is 35.5. The first-order valence-corrected chi connectivity index (χ1v) is 7.08. The normalized spacial score (nSPS) is 20.6. The summed E-state index contributed by atoms with van der Waals surface area (Å²) in [7, 11) is 0. The van der Waals surface area contributed by atoms with Crippen molar-refractivity contribution in [2.45, 2.75) is 18.9 Å². The van der Waals surface area contributed by atoms with E-state index in [-0.39, 0.29) is 11.7 Å². The topological polar surface area (TPSA) is 67.0 Å². The highest BCUT2D eigenvalue weighted by Gasteiger charge is 2.49. The maximum Gasteiger partial charge on any atom is 0.273 e. The molecular formula is C14H14ClN3O2. The molecule has 1 aromatic heterocycles. The minimum atomic E-state index is -0.286. The van der Waals surface area contributed by atoms with Gasteiger partial charge in [-0.15, -0.1) is 0 Å². The molecule has 1 aliphatic heterocycles. The summed E-state index contributed by atoms with van der Waals surface area (Å²) in [4.78, 5) is 11.8. The van der Waals surface area contributed by atoms with Gasteiger partial charge in [0.2, 0.25) is 0 Å². The summed E-state index contributed by atoms with van der Waals surface area (Å²) >= 11 is 6.08. The number of hydrogen-bond acceptors (Lipinski definition) is 4. The quantitative estimate of drug-likeness (QED) is 0.884. The molecule has 5 nitrogen and oxygen atoms in total. The van der Waals surface area contributed by atoms with Crippen molar-refractivity contribution in [1.29, 1.82) is 0 Å². The Bertz CT molecular complexity index is 731.